The first-order chi connectivity index (χ1) is 17.1. The molecule has 0 bridgehead atoms. The van der Waals surface area contributed by atoms with Crippen LogP contribution in [0.1, 0.15) is 15.9 Å². The lowest BCUT2D eigenvalue weighted by Gasteiger charge is -2.35. The maximum Gasteiger partial charge on any atom is 0.295 e. The van der Waals surface area contributed by atoms with Crippen LogP contribution >= 0.6 is 0 Å². The number of pyridine rings is 1. The summed E-state index contributed by atoms with van der Waals surface area (Å²) in [6, 6.07) is 9.28. The predicted molar refractivity (Wildman–Crippen MR) is 122 cm³/mol. The van der Waals surface area contributed by atoms with E-state index >= 15 is 0 Å². The number of aromatic amines is 1. The van der Waals surface area contributed by atoms with E-state index in [0.717, 1.165) is 11.8 Å². The number of piperazine rings is 1. The number of aliphatic imine (C=N–C) groups is 1. The van der Waals surface area contributed by atoms with Gasteiger partial charge in [0.1, 0.15) is 5.84 Å². The second-order valence-electron chi connectivity index (χ2n) is 7.74. The van der Waals surface area contributed by atoms with Crippen molar-refractivity contribution >= 4 is 28.4 Å². The molecule has 3 aromatic heterocycles. The van der Waals surface area contributed by atoms with Crippen LogP contribution < -0.4 is 0 Å². The zero-order valence-corrected chi connectivity index (χ0v) is 18.3. The number of amidine groups is 1. The molecular formula is C23H18FN9O2. The van der Waals surface area contributed by atoms with Gasteiger partial charge in [-0.3, -0.25) is 9.59 Å². The monoisotopic (exact) mass is 471 g/mol. The van der Waals surface area contributed by atoms with Crippen molar-refractivity contribution < 1.29 is 14.0 Å². The van der Waals surface area contributed by atoms with Crippen LogP contribution in [0.4, 0.5) is 4.39 Å². The summed E-state index contributed by atoms with van der Waals surface area (Å²) in [4.78, 5) is 40.3. The number of hydrogen-bond donors (Lipinski definition) is 1. The summed E-state index contributed by atoms with van der Waals surface area (Å²) >= 11 is 0. The van der Waals surface area contributed by atoms with Gasteiger partial charge in [0.15, 0.2) is 11.6 Å². The number of hydrogen-bond acceptors (Lipinski definition) is 7. The Labute approximate surface area is 198 Å². The minimum absolute atomic E-state index is 0.0324. The highest BCUT2D eigenvalue weighted by Gasteiger charge is 2.31. The highest BCUT2D eigenvalue weighted by molar-refractivity contribution is 6.45. The Hall–Kier alpha value is -4.92. The molecular weight excluding hydrogens is 453 g/mol. The minimum atomic E-state index is -0.826. The molecule has 5 rings (SSSR count). The Bertz CT molecular complexity index is 1460. The van der Waals surface area contributed by atoms with E-state index in [1.54, 1.807) is 0 Å². The van der Waals surface area contributed by atoms with Crippen molar-refractivity contribution in [1.29, 1.82) is 5.26 Å². The number of carbonyl (C=O) groups is 2. The van der Waals surface area contributed by atoms with Gasteiger partial charge in [-0.1, -0.05) is 35.5 Å². The first-order valence-electron chi connectivity index (χ1n) is 10.7. The molecule has 0 radical (unpaired) electrons. The van der Waals surface area contributed by atoms with Gasteiger partial charge in [-0.05, 0) is 0 Å². The van der Waals surface area contributed by atoms with Gasteiger partial charge in [0.25, 0.3) is 11.7 Å². The van der Waals surface area contributed by atoms with Gasteiger partial charge in [0, 0.05) is 37.9 Å². The molecule has 0 aliphatic carbocycles. The van der Waals surface area contributed by atoms with E-state index in [9.17, 15) is 14.0 Å². The quantitative estimate of drug-likeness (QED) is 0.157. The van der Waals surface area contributed by atoms with Crippen LogP contribution in [0.5, 0.6) is 0 Å². The van der Waals surface area contributed by atoms with Crippen LogP contribution in [0.3, 0.4) is 0 Å². The van der Waals surface area contributed by atoms with Gasteiger partial charge < -0.3 is 14.8 Å². The molecule has 1 saturated heterocycles. The molecule has 12 heteroatoms. The molecule has 174 valence electrons. The summed E-state index contributed by atoms with van der Waals surface area (Å²) in [6.45, 7) is 1.27. The number of fused-ring (bicyclic) bond motifs is 1. The first kappa shape index (κ1) is 21.9. The van der Waals surface area contributed by atoms with E-state index in [4.69, 9.17) is 5.26 Å². The Balaban J connectivity index is 1.35. The number of aromatic nitrogens is 5. The minimum Gasteiger partial charge on any atom is -0.357 e. The summed E-state index contributed by atoms with van der Waals surface area (Å²) in [6.07, 6.45) is 7.09. The maximum atomic E-state index is 14.7. The molecule has 1 aliphatic rings. The van der Waals surface area contributed by atoms with E-state index in [2.05, 4.69) is 25.3 Å². The molecule has 1 amide bonds. The smallest absolute Gasteiger partial charge is 0.295 e. The van der Waals surface area contributed by atoms with Crippen LogP contribution in [0.25, 0.3) is 16.7 Å². The molecule has 4 heterocycles. The van der Waals surface area contributed by atoms with Crippen LogP contribution in [0.15, 0.2) is 60.1 Å². The van der Waals surface area contributed by atoms with Crippen molar-refractivity contribution in [3.63, 3.8) is 0 Å². The van der Waals surface area contributed by atoms with Gasteiger partial charge in [0.05, 0.1) is 35.1 Å². The number of ketones is 1. The van der Waals surface area contributed by atoms with Crippen LogP contribution in [-0.2, 0) is 4.79 Å². The molecule has 0 atom stereocenters. The first-order valence-corrected chi connectivity index (χ1v) is 10.7. The number of benzene rings is 1. The number of carbonyl (C=O) groups excluding carboxylic acids is 2. The summed E-state index contributed by atoms with van der Waals surface area (Å²) in [5.74, 6) is -1.52. The summed E-state index contributed by atoms with van der Waals surface area (Å²) in [7, 11) is 0. The largest absolute Gasteiger partial charge is 0.357 e. The third kappa shape index (κ3) is 3.99. The molecule has 1 fully saturated rings. The third-order valence-corrected chi connectivity index (χ3v) is 5.78. The van der Waals surface area contributed by atoms with Crippen LogP contribution in [0, 0.1) is 17.3 Å². The van der Waals surface area contributed by atoms with Crippen molar-refractivity contribution in [3.05, 3.63) is 72.1 Å². The standard InChI is InChI=1S/C23H18FN9O2/c24-17-13-27-22(33-7-6-29-30-33)19-18(17)16(12-26-19)20(34)23(35)32-10-8-31(9-11-32)21(28-14-25)15-4-2-1-3-5-15/h1-7,12-13,26H,8-11H2/b28-21-. The fraction of sp³-hybridized carbons (Fsp3) is 0.174. The topological polar surface area (TPSA) is 136 Å². The molecule has 11 nitrogen and oxygen atoms in total. The number of H-pyrrole nitrogens is 1. The second-order valence-corrected chi connectivity index (χ2v) is 7.74. The van der Waals surface area contributed by atoms with E-state index < -0.39 is 17.5 Å². The zero-order valence-electron chi connectivity index (χ0n) is 18.3. The number of nitriles is 1. The molecule has 1 aromatic carbocycles. The lowest BCUT2D eigenvalue weighted by molar-refractivity contribution is -0.127. The fourth-order valence-electron chi connectivity index (χ4n) is 4.10. The number of Topliss-reactive ketones (excluding diaryl/α,β-unsaturated/α-hetero) is 1. The summed E-state index contributed by atoms with van der Waals surface area (Å²) < 4.78 is 16.0. The Kier molecular flexibility index (Phi) is 5.72. The summed E-state index contributed by atoms with van der Waals surface area (Å²) in [5.41, 5.74) is 0.942. The van der Waals surface area contributed by atoms with Gasteiger partial charge >= 0.3 is 0 Å². The molecule has 1 aliphatic heterocycles. The molecule has 0 spiro atoms. The fourth-order valence-corrected chi connectivity index (χ4v) is 4.10. The van der Waals surface area contributed by atoms with E-state index in [1.807, 2.05) is 41.4 Å². The summed E-state index contributed by atoms with van der Waals surface area (Å²) in [5, 5.41) is 16.7. The average molecular weight is 471 g/mol. The molecule has 0 saturated carbocycles. The van der Waals surface area contributed by atoms with E-state index in [-0.39, 0.29) is 35.4 Å². The third-order valence-electron chi connectivity index (χ3n) is 5.78. The lowest BCUT2D eigenvalue weighted by Crippen LogP contribution is -2.52. The van der Waals surface area contributed by atoms with Crippen LogP contribution in [0.2, 0.25) is 0 Å². The Morgan fingerprint density at radius 3 is 2.54 bits per heavy atom. The molecule has 0 unspecified atom stereocenters. The number of halogens is 1. The predicted octanol–water partition coefficient (Wildman–Crippen LogP) is 1.54. The lowest BCUT2D eigenvalue weighted by atomic mass is 10.1. The highest BCUT2D eigenvalue weighted by atomic mass is 19.1. The van der Waals surface area contributed by atoms with Gasteiger partial charge in [-0.25, -0.2) is 14.1 Å². The maximum absolute atomic E-state index is 14.7. The highest BCUT2D eigenvalue weighted by Crippen LogP contribution is 2.26. The Morgan fingerprint density at radius 2 is 1.86 bits per heavy atom. The second kappa shape index (κ2) is 9.14. The molecule has 4 aromatic rings. The normalized spacial score (nSPS) is 14.2. The van der Waals surface area contributed by atoms with Gasteiger partial charge in [0.2, 0.25) is 6.19 Å². The van der Waals surface area contributed by atoms with Crippen molar-refractivity contribution in [1.82, 2.24) is 34.8 Å². The van der Waals surface area contributed by atoms with Gasteiger partial charge in [-0.15, -0.1) is 5.10 Å². The van der Waals surface area contributed by atoms with Crippen LogP contribution in [-0.4, -0.2) is 78.5 Å². The Morgan fingerprint density at radius 1 is 1.11 bits per heavy atom. The van der Waals surface area contributed by atoms with Gasteiger partial charge in [-0.2, -0.15) is 10.3 Å². The number of nitrogens with one attached hydrogen (secondary N) is 1. The average Bonchev–Trinajstić information content (AvgIpc) is 3.59. The van der Waals surface area contributed by atoms with Crippen molar-refractivity contribution in [3.8, 4) is 12.0 Å². The van der Waals surface area contributed by atoms with Crippen molar-refractivity contribution in [2.45, 2.75) is 0 Å². The van der Waals surface area contributed by atoms with E-state index in [1.165, 1.54) is 28.2 Å². The van der Waals surface area contributed by atoms with Crippen molar-refractivity contribution in [2.75, 3.05) is 26.2 Å². The SMILES string of the molecule is N#C/N=C(/c1ccccc1)N1CCN(C(=O)C(=O)c2c[nH]c3c(-n4ccnn4)ncc(F)c23)CC1. The molecule has 1 N–H and O–H groups in total. The van der Waals surface area contributed by atoms with Crippen molar-refractivity contribution in [2.24, 2.45) is 4.99 Å². The van der Waals surface area contributed by atoms with E-state index in [0.29, 0.717) is 18.9 Å². The number of rotatable bonds is 4. The molecule has 35 heavy (non-hydrogen) atoms. The zero-order chi connectivity index (χ0) is 24.4. The number of nitrogens with zero attached hydrogens (tertiary/aromatic N) is 8. The number of amides is 1.